The van der Waals surface area contributed by atoms with Gasteiger partial charge in [0, 0.05) is 19.7 Å². The average Bonchev–Trinajstić information content (AvgIpc) is 3.14. The van der Waals surface area contributed by atoms with Crippen LogP contribution in [-0.4, -0.2) is 35.4 Å². The quantitative estimate of drug-likeness (QED) is 0.737. The van der Waals surface area contributed by atoms with Gasteiger partial charge in [0.25, 0.3) is 5.91 Å². The predicted molar refractivity (Wildman–Crippen MR) is 103 cm³/mol. The van der Waals surface area contributed by atoms with E-state index >= 15 is 0 Å². The summed E-state index contributed by atoms with van der Waals surface area (Å²) in [7, 11) is 1.62. The molecule has 0 saturated heterocycles. The Morgan fingerprint density at radius 1 is 1.38 bits per heavy atom. The number of alkyl halides is 3. The van der Waals surface area contributed by atoms with Gasteiger partial charge in [0.2, 0.25) is 0 Å². The van der Waals surface area contributed by atoms with Crippen LogP contribution in [0.3, 0.4) is 0 Å². The van der Waals surface area contributed by atoms with Gasteiger partial charge in [0.1, 0.15) is 5.69 Å². The molecule has 0 fully saturated rings. The molecule has 0 radical (unpaired) electrons. The summed E-state index contributed by atoms with van der Waals surface area (Å²) < 4.78 is 45.7. The summed E-state index contributed by atoms with van der Waals surface area (Å²) in [4.78, 5) is 12.6. The van der Waals surface area contributed by atoms with E-state index in [1.807, 2.05) is 18.2 Å². The fourth-order valence-electron chi connectivity index (χ4n) is 2.95. The van der Waals surface area contributed by atoms with E-state index in [-0.39, 0.29) is 29.1 Å². The zero-order valence-electron chi connectivity index (χ0n) is 15.5. The summed E-state index contributed by atoms with van der Waals surface area (Å²) in [6.07, 6.45) is 2.49. The van der Waals surface area contributed by atoms with Crippen molar-refractivity contribution in [2.24, 2.45) is 0 Å². The number of hydrogen-bond donors (Lipinski definition) is 1. The number of ether oxygens (including phenoxy) is 1. The van der Waals surface area contributed by atoms with Crippen molar-refractivity contribution in [3.05, 3.63) is 70.5 Å². The maximum atomic E-state index is 13.2. The molecule has 1 heterocycles. The molecule has 0 saturated carbocycles. The van der Waals surface area contributed by atoms with Crippen LogP contribution in [0.25, 0.3) is 5.69 Å². The minimum absolute atomic E-state index is 0.0123. The summed E-state index contributed by atoms with van der Waals surface area (Å²) in [5, 5.41) is 6.39. The first-order valence-corrected chi connectivity index (χ1v) is 9.28. The van der Waals surface area contributed by atoms with E-state index in [0.717, 1.165) is 22.7 Å². The molecule has 1 aliphatic carbocycles. The molecule has 29 heavy (non-hydrogen) atoms. The van der Waals surface area contributed by atoms with Gasteiger partial charge in [-0.2, -0.15) is 18.3 Å². The average molecular weight is 426 g/mol. The smallest absolute Gasteiger partial charge is 0.377 e. The maximum absolute atomic E-state index is 13.2. The lowest BCUT2D eigenvalue weighted by Gasteiger charge is -2.15. The monoisotopic (exact) mass is 425 g/mol. The molecule has 0 aliphatic heterocycles. The molecule has 1 unspecified atom stereocenters. The molecule has 1 atom stereocenters. The molecule has 5 nitrogen and oxygen atoms in total. The Bertz CT molecular complexity index is 951. The van der Waals surface area contributed by atoms with Gasteiger partial charge in [-0.3, -0.25) is 4.79 Å². The highest BCUT2D eigenvalue weighted by atomic mass is 35.5. The molecular weight excluding hydrogens is 407 g/mol. The zero-order valence-corrected chi connectivity index (χ0v) is 16.3. The standard InChI is InChI=1S/C20H19ClF3N3O2/c1-29-14-6-4-5-13(11-14)9-10-25-19(28)17-12-18(20(22,23)24)26-27(17)16-8-3-2-7-15(16)21/h2-5,7-8,11-12,14H,6,9-10H2,1H3,(H,25,28). The molecule has 1 amide bonds. The number of methoxy groups -OCH3 is 1. The van der Waals surface area contributed by atoms with E-state index in [1.165, 1.54) is 12.1 Å². The Labute approximate surface area is 170 Å². The van der Waals surface area contributed by atoms with Gasteiger partial charge in [-0.05, 0) is 30.5 Å². The second-order valence-corrected chi connectivity index (χ2v) is 6.84. The van der Waals surface area contributed by atoms with Crippen molar-refractivity contribution in [2.45, 2.75) is 25.1 Å². The summed E-state index contributed by atoms with van der Waals surface area (Å²) >= 11 is 6.09. The lowest BCUT2D eigenvalue weighted by molar-refractivity contribution is -0.141. The first-order valence-electron chi connectivity index (χ1n) is 8.90. The number of nitrogens with zero attached hydrogens (tertiary/aromatic N) is 2. The van der Waals surface area contributed by atoms with Crippen molar-refractivity contribution >= 4 is 17.5 Å². The molecule has 9 heteroatoms. The Balaban J connectivity index is 1.79. The molecule has 2 aromatic rings. The molecule has 3 rings (SSSR count). The molecule has 154 valence electrons. The van der Waals surface area contributed by atoms with Crippen molar-refractivity contribution in [3.63, 3.8) is 0 Å². The number of carbonyl (C=O) groups excluding carboxylic acids is 1. The van der Waals surface area contributed by atoms with Crippen LogP contribution in [0.4, 0.5) is 13.2 Å². The van der Waals surface area contributed by atoms with Gasteiger partial charge >= 0.3 is 6.18 Å². The zero-order chi connectivity index (χ0) is 21.0. The van der Waals surface area contributed by atoms with Gasteiger partial charge in [-0.15, -0.1) is 0 Å². The van der Waals surface area contributed by atoms with E-state index < -0.39 is 17.8 Å². The minimum atomic E-state index is -4.69. The minimum Gasteiger partial charge on any atom is -0.377 e. The van der Waals surface area contributed by atoms with Gasteiger partial charge in [-0.25, -0.2) is 4.68 Å². The third-order valence-corrected chi connectivity index (χ3v) is 4.73. The van der Waals surface area contributed by atoms with Crippen LogP contribution in [0.2, 0.25) is 5.02 Å². The van der Waals surface area contributed by atoms with Gasteiger partial charge in [0.15, 0.2) is 5.69 Å². The lowest BCUT2D eigenvalue weighted by atomic mass is 10.0. The van der Waals surface area contributed by atoms with Crippen molar-refractivity contribution in [1.82, 2.24) is 15.1 Å². The molecule has 1 aliphatic rings. The van der Waals surface area contributed by atoms with E-state index in [1.54, 1.807) is 19.2 Å². The number of benzene rings is 1. The number of allylic oxidation sites excluding steroid dienone is 1. The van der Waals surface area contributed by atoms with E-state index in [9.17, 15) is 18.0 Å². The number of para-hydroxylation sites is 1. The highest BCUT2D eigenvalue weighted by Gasteiger charge is 2.36. The van der Waals surface area contributed by atoms with Crippen molar-refractivity contribution in [3.8, 4) is 5.69 Å². The van der Waals surface area contributed by atoms with Crippen molar-refractivity contribution in [2.75, 3.05) is 13.7 Å². The fourth-order valence-corrected chi connectivity index (χ4v) is 3.16. The van der Waals surface area contributed by atoms with E-state index in [0.29, 0.717) is 6.42 Å². The SMILES string of the molecule is COC1C=C(CCNC(=O)c2cc(C(F)(F)F)nn2-c2ccccc2Cl)C=CC1. The molecule has 1 aromatic carbocycles. The maximum Gasteiger partial charge on any atom is 0.435 e. The highest BCUT2D eigenvalue weighted by Crippen LogP contribution is 2.31. The number of carbonyl (C=O) groups is 1. The third kappa shape index (κ3) is 5.07. The predicted octanol–water partition coefficient (Wildman–Crippen LogP) is 4.57. The summed E-state index contributed by atoms with van der Waals surface area (Å²) in [5.74, 6) is -0.670. The summed E-state index contributed by atoms with van der Waals surface area (Å²) in [6.45, 7) is 0.250. The highest BCUT2D eigenvalue weighted by molar-refractivity contribution is 6.32. The molecule has 1 N–H and O–H groups in total. The van der Waals surface area contributed by atoms with Crippen LogP contribution < -0.4 is 5.32 Å². The van der Waals surface area contributed by atoms with Gasteiger partial charge in [0.05, 0.1) is 16.8 Å². The van der Waals surface area contributed by atoms with Crippen LogP contribution in [-0.2, 0) is 10.9 Å². The molecule has 0 spiro atoms. The Morgan fingerprint density at radius 2 is 2.14 bits per heavy atom. The number of hydrogen-bond acceptors (Lipinski definition) is 3. The largest absolute Gasteiger partial charge is 0.435 e. The van der Waals surface area contributed by atoms with Crippen LogP contribution in [0.1, 0.15) is 29.0 Å². The Hall–Kier alpha value is -2.58. The molecular formula is C20H19ClF3N3O2. The van der Waals surface area contributed by atoms with Crippen molar-refractivity contribution < 1.29 is 22.7 Å². The second kappa shape index (κ2) is 8.84. The topological polar surface area (TPSA) is 56.1 Å². The number of halogens is 4. The Morgan fingerprint density at radius 3 is 2.83 bits per heavy atom. The summed E-state index contributed by atoms with van der Waals surface area (Å²) in [6, 6.07) is 6.97. The normalized spacial score (nSPS) is 16.6. The Kier molecular flexibility index (Phi) is 6.44. The van der Waals surface area contributed by atoms with Gasteiger partial charge < -0.3 is 10.1 Å². The fraction of sp³-hybridized carbons (Fsp3) is 0.300. The number of amides is 1. The van der Waals surface area contributed by atoms with Crippen molar-refractivity contribution in [1.29, 1.82) is 0 Å². The van der Waals surface area contributed by atoms with Crippen LogP contribution in [0.15, 0.2) is 54.1 Å². The number of rotatable bonds is 6. The van der Waals surface area contributed by atoms with E-state index in [2.05, 4.69) is 10.4 Å². The van der Waals surface area contributed by atoms with E-state index in [4.69, 9.17) is 16.3 Å². The number of aromatic nitrogens is 2. The van der Waals surface area contributed by atoms with Gasteiger partial charge in [-0.1, -0.05) is 42.0 Å². The first kappa shape index (κ1) is 21.1. The summed E-state index contributed by atoms with van der Waals surface area (Å²) in [5.41, 5.74) is -0.230. The number of nitrogens with one attached hydrogen (secondary N) is 1. The third-order valence-electron chi connectivity index (χ3n) is 4.42. The molecule has 0 bridgehead atoms. The van der Waals surface area contributed by atoms with Crippen LogP contribution >= 0.6 is 11.6 Å². The molecule has 1 aromatic heterocycles. The van der Waals surface area contributed by atoms with Crippen LogP contribution in [0.5, 0.6) is 0 Å². The first-order chi connectivity index (χ1) is 13.8. The lowest BCUT2D eigenvalue weighted by Crippen LogP contribution is -2.27. The van der Waals surface area contributed by atoms with Crippen LogP contribution in [0, 0.1) is 0 Å². The second-order valence-electron chi connectivity index (χ2n) is 6.44.